The topological polar surface area (TPSA) is 75.6 Å². The van der Waals surface area contributed by atoms with Gasteiger partial charge in [0.25, 0.3) is 0 Å². The van der Waals surface area contributed by atoms with Crippen molar-refractivity contribution in [1.82, 2.24) is 4.72 Å². The number of ether oxygens (including phenoxy) is 1. The minimum absolute atomic E-state index is 0.0847. The molecule has 6 heteroatoms. The monoisotopic (exact) mass is 299 g/mol. The van der Waals surface area contributed by atoms with Gasteiger partial charge >= 0.3 is 0 Å². The number of nitrogens with one attached hydrogen (secondary N) is 1. The maximum Gasteiger partial charge on any atom is 0.240 e. The van der Waals surface area contributed by atoms with Gasteiger partial charge in [0.1, 0.15) is 0 Å². The molecular weight excluding hydrogens is 278 g/mol. The molecule has 0 amide bonds. The van der Waals surface area contributed by atoms with Crippen LogP contribution in [-0.4, -0.2) is 32.8 Å². The Morgan fingerprint density at radius 2 is 2.25 bits per heavy atom. The molecular formula is C14H21NO4S. The first kappa shape index (κ1) is 15.4. The smallest absolute Gasteiger partial charge is 0.240 e. The Hall–Kier alpha value is -0.950. The maximum atomic E-state index is 12.2. The van der Waals surface area contributed by atoms with E-state index in [1.165, 1.54) is 12.1 Å². The van der Waals surface area contributed by atoms with Crippen LogP contribution in [0, 0.1) is 5.92 Å². The van der Waals surface area contributed by atoms with Gasteiger partial charge in [0.2, 0.25) is 10.0 Å². The molecule has 2 rings (SSSR count). The van der Waals surface area contributed by atoms with Crippen LogP contribution in [0.4, 0.5) is 0 Å². The third-order valence-corrected chi connectivity index (χ3v) is 5.14. The second-order valence-corrected chi connectivity index (χ2v) is 6.99. The summed E-state index contributed by atoms with van der Waals surface area (Å²) in [6.45, 7) is 4.63. The van der Waals surface area contributed by atoms with Gasteiger partial charge in [0, 0.05) is 19.1 Å². The van der Waals surface area contributed by atoms with Crippen molar-refractivity contribution in [2.24, 2.45) is 5.92 Å². The second-order valence-electron chi connectivity index (χ2n) is 5.23. The van der Waals surface area contributed by atoms with Gasteiger partial charge in [-0.3, -0.25) is 0 Å². The third-order valence-electron chi connectivity index (χ3n) is 3.72. The van der Waals surface area contributed by atoms with E-state index in [9.17, 15) is 13.5 Å². The van der Waals surface area contributed by atoms with Gasteiger partial charge in [-0.25, -0.2) is 13.1 Å². The number of aliphatic hydroxyl groups excluding tert-OH is 1. The summed E-state index contributed by atoms with van der Waals surface area (Å²) in [5.74, 6) is 0.213. The molecule has 1 saturated heterocycles. The van der Waals surface area contributed by atoms with Crippen LogP contribution in [0.2, 0.25) is 0 Å². The van der Waals surface area contributed by atoms with E-state index in [0.717, 1.165) is 6.42 Å². The normalized spacial score (nSPS) is 24.8. The Morgan fingerprint density at radius 3 is 2.85 bits per heavy atom. The van der Waals surface area contributed by atoms with E-state index in [4.69, 9.17) is 4.74 Å². The summed E-state index contributed by atoms with van der Waals surface area (Å²) in [6.07, 6.45) is 0.270. The molecule has 0 radical (unpaired) electrons. The van der Waals surface area contributed by atoms with Gasteiger partial charge < -0.3 is 9.84 Å². The van der Waals surface area contributed by atoms with Crippen LogP contribution in [0.1, 0.15) is 31.9 Å². The zero-order valence-electron chi connectivity index (χ0n) is 11.7. The fourth-order valence-electron chi connectivity index (χ4n) is 2.29. The predicted octanol–water partition coefficient (Wildman–Crippen LogP) is 1.44. The average Bonchev–Trinajstić information content (AvgIpc) is 2.82. The minimum Gasteiger partial charge on any atom is -0.389 e. The van der Waals surface area contributed by atoms with Crippen molar-refractivity contribution in [3.05, 3.63) is 29.8 Å². The first-order valence-corrected chi connectivity index (χ1v) is 8.28. The van der Waals surface area contributed by atoms with Crippen LogP contribution >= 0.6 is 0 Å². The highest BCUT2D eigenvalue weighted by Gasteiger charge is 2.26. The molecule has 0 aliphatic carbocycles. The summed E-state index contributed by atoms with van der Waals surface area (Å²) in [7, 11) is -3.54. The van der Waals surface area contributed by atoms with Gasteiger partial charge in [-0.05, 0) is 38.0 Å². The number of benzene rings is 1. The van der Waals surface area contributed by atoms with Crippen molar-refractivity contribution in [2.45, 2.75) is 37.4 Å². The van der Waals surface area contributed by atoms with E-state index in [0.29, 0.717) is 18.7 Å². The van der Waals surface area contributed by atoms with E-state index >= 15 is 0 Å². The van der Waals surface area contributed by atoms with Gasteiger partial charge in [0.05, 0.1) is 17.1 Å². The highest BCUT2D eigenvalue weighted by Crippen LogP contribution is 2.21. The summed E-state index contributed by atoms with van der Waals surface area (Å²) >= 11 is 0. The summed E-state index contributed by atoms with van der Waals surface area (Å²) in [4.78, 5) is 0.183. The Morgan fingerprint density at radius 1 is 1.50 bits per heavy atom. The molecule has 1 heterocycles. The van der Waals surface area contributed by atoms with E-state index in [1.807, 2.05) is 6.92 Å². The van der Waals surface area contributed by atoms with Crippen molar-refractivity contribution in [3.8, 4) is 0 Å². The zero-order chi connectivity index (χ0) is 14.8. The molecule has 0 bridgehead atoms. The van der Waals surface area contributed by atoms with Crippen molar-refractivity contribution >= 4 is 10.0 Å². The van der Waals surface area contributed by atoms with E-state index in [-0.39, 0.29) is 16.9 Å². The number of hydrogen-bond acceptors (Lipinski definition) is 4. The van der Waals surface area contributed by atoms with Gasteiger partial charge in [-0.15, -0.1) is 0 Å². The predicted molar refractivity (Wildman–Crippen MR) is 75.8 cm³/mol. The number of rotatable bonds is 5. The highest BCUT2D eigenvalue weighted by molar-refractivity contribution is 7.89. The molecule has 1 aromatic carbocycles. The molecule has 0 spiro atoms. The standard InChI is InChI=1S/C14H21NO4S/c1-10(16)12-4-3-5-14(8-12)20(17,18)15-9-13-6-7-19-11(13)2/h3-5,8,10-11,13,15-16H,6-7,9H2,1-2H3. The van der Waals surface area contributed by atoms with Crippen LogP contribution in [0.25, 0.3) is 0 Å². The Labute approximate surface area is 120 Å². The molecule has 0 saturated carbocycles. The summed E-state index contributed by atoms with van der Waals surface area (Å²) in [5, 5.41) is 9.52. The Kier molecular flexibility index (Phi) is 4.80. The van der Waals surface area contributed by atoms with E-state index in [1.54, 1.807) is 19.1 Å². The van der Waals surface area contributed by atoms with Gasteiger partial charge in [0.15, 0.2) is 0 Å². The van der Waals surface area contributed by atoms with Gasteiger partial charge in [-0.1, -0.05) is 12.1 Å². The lowest BCUT2D eigenvalue weighted by Gasteiger charge is -2.15. The number of sulfonamides is 1. The van der Waals surface area contributed by atoms with Crippen molar-refractivity contribution in [3.63, 3.8) is 0 Å². The largest absolute Gasteiger partial charge is 0.389 e. The molecule has 1 aliphatic rings. The molecule has 3 unspecified atom stereocenters. The van der Waals surface area contributed by atoms with Crippen LogP contribution in [0.5, 0.6) is 0 Å². The van der Waals surface area contributed by atoms with Crippen LogP contribution in [0.3, 0.4) is 0 Å². The van der Waals surface area contributed by atoms with Crippen molar-refractivity contribution in [1.29, 1.82) is 0 Å². The molecule has 2 N–H and O–H groups in total. The molecule has 1 aliphatic heterocycles. The summed E-state index contributed by atoms with van der Waals surface area (Å²) in [5.41, 5.74) is 0.588. The average molecular weight is 299 g/mol. The summed E-state index contributed by atoms with van der Waals surface area (Å²) < 4.78 is 32.5. The lowest BCUT2D eigenvalue weighted by molar-refractivity contribution is 0.107. The Balaban J connectivity index is 2.08. The molecule has 3 atom stereocenters. The van der Waals surface area contributed by atoms with E-state index < -0.39 is 16.1 Å². The minimum atomic E-state index is -3.54. The molecule has 1 aromatic rings. The Bertz CT molecular complexity index is 556. The number of aliphatic hydroxyl groups is 1. The zero-order valence-corrected chi connectivity index (χ0v) is 12.6. The van der Waals surface area contributed by atoms with Crippen molar-refractivity contribution < 1.29 is 18.3 Å². The summed E-state index contributed by atoms with van der Waals surface area (Å²) in [6, 6.07) is 6.37. The highest BCUT2D eigenvalue weighted by atomic mass is 32.2. The van der Waals surface area contributed by atoms with Gasteiger partial charge in [-0.2, -0.15) is 0 Å². The maximum absolute atomic E-state index is 12.2. The molecule has 5 nitrogen and oxygen atoms in total. The van der Waals surface area contributed by atoms with E-state index in [2.05, 4.69) is 4.72 Å². The molecule has 0 aromatic heterocycles. The van der Waals surface area contributed by atoms with Crippen LogP contribution in [-0.2, 0) is 14.8 Å². The third kappa shape index (κ3) is 3.58. The van der Waals surface area contributed by atoms with Crippen molar-refractivity contribution in [2.75, 3.05) is 13.2 Å². The first-order chi connectivity index (χ1) is 9.40. The number of hydrogen-bond donors (Lipinski definition) is 2. The lowest BCUT2D eigenvalue weighted by Crippen LogP contribution is -2.32. The quantitative estimate of drug-likeness (QED) is 0.862. The van der Waals surface area contributed by atoms with Crippen LogP contribution < -0.4 is 4.72 Å². The molecule has 20 heavy (non-hydrogen) atoms. The van der Waals surface area contributed by atoms with Crippen LogP contribution in [0.15, 0.2) is 29.2 Å². The fourth-order valence-corrected chi connectivity index (χ4v) is 3.43. The molecule has 112 valence electrons. The lowest BCUT2D eigenvalue weighted by atomic mass is 10.0. The fraction of sp³-hybridized carbons (Fsp3) is 0.571. The SMILES string of the molecule is CC(O)c1cccc(S(=O)(=O)NCC2CCOC2C)c1. The first-order valence-electron chi connectivity index (χ1n) is 6.79. The second kappa shape index (κ2) is 6.22. The molecule has 1 fully saturated rings.